The molecule has 0 unspecified atom stereocenters. The van der Waals surface area contributed by atoms with Gasteiger partial charge < -0.3 is 4.74 Å². The number of benzene rings is 2. The number of nitrogens with zero attached hydrogens (tertiary/aromatic N) is 1. The zero-order valence-electron chi connectivity index (χ0n) is 13.0. The molecule has 4 heteroatoms. The topological polar surface area (TPSA) is 38.8 Å². The lowest BCUT2D eigenvalue weighted by atomic mass is 9.92. The van der Waals surface area contributed by atoms with Gasteiger partial charge in [0, 0.05) is 0 Å². The van der Waals surface area contributed by atoms with Crippen molar-refractivity contribution in [1.82, 2.24) is 5.06 Å². The van der Waals surface area contributed by atoms with Gasteiger partial charge in [0.15, 0.2) is 0 Å². The third-order valence-electron chi connectivity index (χ3n) is 4.76. The molecule has 0 amide bonds. The van der Waals surface area contributed by atoms with E-state index < -0.39 is 0 Å². The summed E-state index contributed by atoms with van der Waals surface area (Å²) in [6, 6.07) is 19.8. The van der Waals surface area contributed by atoms with Crippen LogP contribution >= 0.6 is 0 Å². The number of fused-ring (bicyclic) bond motifs is 1. The van der Waals surface area contributed by atoms with Crippen LogP contribution in [0.4, 0.5) is 0 Å². The van der Waals surface area contributed by atoms with Gasteiger partial charge in [0.1, 0.15) is 12.1 Å². The maximum Gasteiger partial charge on any atom is 0.326 e. The third kappa shape index (κ3) is 2.44. The van der Waals surface area contributed by atoms with Crippen molar-refractivity contribution in [3.63, 3.8) is 0 Å². The maximum absolute atomic E-state index is 12.2. The van der Waals surface area contributed by atoms with Gasteiger partial charge in [-0.05, 0) is 18.1 Å². The van der Waals surface area contributed by atoms with Crippen LogP contribution in [0, 0.1) is 5.92 Å². The molecule has 0 saturated carbocycles. The second kappa shape index (κ2) is 5.80. The molecule has 2 heterocycles. The Hall–Kier alpha value is -2.17. The summed E-state index contributed by atoms with van der Waals surface area (Å²) in [6.45, 7) is 2.48. The maximum atomic E-state index is 12.2. The van der Waals surface area contributed by atoms with E-state index in [1.807, 2.05) is 53.6 Å². The van der Waals surface area contributed by atoms with E-state index in [0.29, 0.717) is 6.61 Å². The molecule has 0 radical (unpaired) electrons. The number of carbonyl (C=O) groups is 1. The summed E-state index contributed by atoms with van der Waals surface area (Å²) < 4.78 is 5.33. The quantitative estimate of drug-likeness (QED) is 0.816. The smallest absolute Gasteiger partial charge is 0.326 e. The molecule has 4 nitrogen and oxygen atoms in total. The molecule has 0 spiro atoms. The molecule has 2 saturated heterocycles. The van der Waals surface area contributed by atoms with E-state index in [4.69, 9.17) is 9.57 Å². The first kappa shape index (κ1) is 14.4. The molecule has 2 aromatic rings. The number of ether oxygens (including phenoxy) is 1. The second-order valence-corrected chi connectivity index (χ2v) is 6.12. The van der Waals surface area contributed by atoms with Gasteiger partial charge in [-0.2, -0.15) is 5.06 Å². The normalized spacial score (nSPS) is 28.4. The lowest BCUT2D eigenvalue weighted by molar-refractivity contribution is -0.202. The van der Waals surface area contributed by atoms with Crippen molar-refractivity contribution < 1.29 is 14.4 Å². The molecule has 0 aliphatic carbocycles. The highest BCUT2D eigenvalue weighted by molar-refractivity contribution is 5.78. The minimum Gasteiger partial charge on any atom is -0.464 e. The first-order valence-electron chi connectivity index (χ1n) is 7.97. The zero-order valence-corrected chi connectivity index (χ0v) is 13.0. The number of carbonyl (C=O) groups excluding carboxylic acids is 1. The Balaban J connectivity index is 1.66. The Kier molecular flexibility index (Phi) is 3.63. The van der Waals surface area contributed by atoms with Crippen LogP contribution in [0.25, 0.3) is 0 Å². The van der Waals surface area contributed by atoms with Crippen LogP contribution in [0.1, 0.15) is 30.2 Å². The van der Waals surface area contributed by atoms with Crippen LogP contribution in [0.5, 0.6) is 0 Å². The summed E-state index contributed by atoms with van der Waals surface area (Å²) in [5.41, 5.74) is 2.21. The fraction of sp³-hybridized carbons (Fsp3) is 0.316. The Bertz CT molecular complexity index is 688. The molecule has 2 aromatic carbocycles. The van der Waals surface area contributed by atoms with Crippen LogP contribution in [0.2, 0.25) is 0 Å². The van der Waals surface area contributed by atoms with Crippen LogP contribution in [-0.2, 0) is 14.4 Å². The Morgan fingerprint density at radius 3 is 2.39 bits per heavy atom. The molecule has 4 rings (SSSR count). The van der Waals surface area contributed by atoms with E-state index in [1.165, 1.54) is 0 Å². The van der Waals surface area contributed by atoms with E-state index in [1.54, 1.807) is 0 Å². The van der Waals surface area contributed by atoms with E-state index in [9.17, 15) is 4.79 Å². The van der Waals surface area contributed by atoms with Crippen molar-refractivity contribution in [3.8, 4) is 0 Å². The molecular weight excluding hydrogens is 290 g/mol. The van der Waals surface area contributed by atoms with Crippen molar-refractivity contribution in [2.45, 2.75) is 25.1 Å². The molecular formula is C19H19NO3. The monoisotopic (exact) mass is 309 g/mol. The van der Waals surface area contributed by atoms with E-state index in [0.717, 1.165) is 11.1 Å². The Labute approximate surface area is 135 Å². The number of hydrogen-bond donors (Lipinski definition) is 0. The standard InChI is InChI=1S/C19H19NO3/c1-13(14-8-4-2-5-9-14)20-17-16(12-22-19(17)21)18(23-20)15-10-6-3-7-11-15/h2-11,13,16-18H,12H2,1H3/t13-,16-,17-,18+/m0/s1. The number of esters is 1. The summed E-state index contributed by atoms with van der Waals surface area (Å²) in [4.78, 5) is 18.5. The van der Waals surface area contributed by atoms with Gasteiger partial charge in [-0.1, -0.05) is 60.7 Å². The summed E-state index contributed by atoms with van der Waals surface area (Å²) in [5.74, 6) is -0.146. The minimum absolute atomic E-state index is 0.0111. The predicted octanol–water partition coefficient (Wildman–Crippen LogP) is 3.28. The van der Waals surface area contributed by atoms with Gasteiger partial charge in [-0.3, -0.25) is 9.63 Å². The number of rotatable bonds is 3. The molecule has 2 aliphatic heterocycles. The van der Waals surface area contributed by atoms with Crippen molar-refractivity contribution in [1.29, 1.82) is 0 Å². The molecule has 0 aromatic heterocycles. The van der Waals surface area contributed by atoms with Crippen molar-refractivity contribution in [2.75, 3.05) is 6.61 Å². The van der Waals surface area contributed by atoms with E-state index >= 15 is 0 Å². The fourth-order valence-electron chi connectivity index (χ4n) is 3.51. The highest BCUT2D eigenvalue weighted by Crippen LogP contribution is 2.45. The van der Waals surface area contributed by atoms with Gasteiger partial charge in [-0.15, -0.1) is 0 Å². The van der Waals surface area contributed by atoms with Gasteiger partial charge in [0.25, 0.3) is 0 Å². The van der Waals surface area contributed by atoms with Crippen molar-refractivity contribution >= 4 is 5.97 Å². The van der Waals surface area contributed by atoms with Crippen LogP contribution < -0.4 is 0 Å². The van der Waals surface area contributed by atoms with E-state index in [-0.39, 0.29) is 30.1 Å². The molecule has 4 atom stereocenters. The molecule has 2 fully saturated rings. The van der Waals surface area contributed by atoms with Crippen molar-refractivity contribution in [2.24, 2.45) is 5.92 Å². The highest BCUT2D eigenvalue weighted by Gasteiger charge is 2.54. The summed E-state index contributed by atoms with van der Waals surface area (Å²) in [5, 5.41) is 1.83. The second-order valence-electron chi connectivity index (χ2n) is 6.12. The van der Waals surface area contributed by atoms with Gasteiger partial charge in [-0.25, -0.2) is 0 Å². The number of hydrogen-bond acceptors (Lipinski definition) is 4. The fourth-order valence-corrected chi connectivity index (χ4v) is 3.51. The molecule has 118 valence electrons. The molecule has 23 heavy (non-hydrogen) atoms. The van der Waals surface area contributed by atoms with Crippen LogP contribution in [0.15, 0.2) is 60.7 Å². The first-order valence-corrected chi connectivity index (χ1v) is 7.97. The highest BCUT2D eigenvalue weighted by atomic mass is 16.7. The lowest BCUT2D eigenvalue weighted by Crippen LogP contribution is -2.37. The largest absolute Gasteiger partial charge is 0.464 e. The SMILES string of the molecule is C[C@@H](c1ccccc1)N1O[C@H](c2ccccc2)[C@H]2COC(=O)[C@H]21. The number of cyclic esters (lactones) is 1. The average molecular weight is 309 g/mol. The van der Waals surface area contributed by atoms with Gasteiger partial charge >= 0.3 is 5.97 Å². The van der Waals surface area contributed by atoms with Crippen LogP contribution in [-0.4, -0.2) is 23.7 Å². The summed E-state index contributed by atoms with van der Waals surface area (Å²) >= 11 is 0. The third-order valence-corrected chi connectivity index (χ3v) is 4.76. The lowest BCUT2D eigenvalue weighted by Gasteiger charge is -2.27. The predicted molar refractivity (Wildman–Crippen MR) is 85.2 cm³/mol. The molecule has 0 N–H and O–H groups in total. The molecule has 0 bridgehead atoms. The van der Waals surface area contributed by atoms with Crippen molar-refractivity contribution in [3.05, 3.63) is 71.8 Å². The summed E-state index contributed by atoms with van der Waals surface area (Å²) in [6.07, 6.45) is -0.140. The first-order chi connectivity index (χ1) is 11.3. The van der Waals surface area contributed by atoms with Gasteiger partial charge in [0.05, 0.1) is 18.6 Å². The van der Waals surface area contributed by atoms with E-state index in [2.05, 4.69) is 19.1 Å². The summed E-state index contributed by atoms with van der Waals surface area (Å²) in [7, 11) is 0. The zero-order chi connectivity index (χ0) is 15.8. The Morgan fingerprint density at radius 1 is 1.04 bits per heavy atom. The minimum atomic E-state index is -0.338. The Morgan fingerprint density at radius 2 is 1.70 bits per heavy atom. The average Bonchev–Trinajstić information content (AvgIpc) is 3.17. The van der Waals surface area contributed by atoms with Gasteiger partial charge in [0.2, 0.25) is 0 Å². The number of hydroxylamine groups is 2. The molecule has 2 aliphatic rings. The van der Waals surface area contributed by atoms with Crippen LogP contribution in [0.3, 0.4) is 0 Å².